The van der Waals surface area contributed by atoms with Gasteiger partial charge in [-0.15, -0.1) is 0 Å². The average molecular weight is 440 g/mol. The molecule has 7 nitrogen and oxygen atoms in total. The number of nitrogens with zero attached hydrogens (tertiary/aromatic N) is 2. The highest BCUT2D eigenvalue weighted by atomic mass is 16.6. The van der Waals surface area contributed by atoms with E-state index < -0.39 is 11.7 Å². The van der Waals surface area contributed by atoms with Gasteiger partial charge in [-0.2, -0.15) is 0 Å². The number of ether oxygens (including phenoxy) is 2. The zero-order valence-electron chi connectivity index (χ0n) is 20.0. The van der Waals surface area contributed by atoms with Gasteiger partial charge in [0.1, 0.15) is 18.0 Å². The lowest BCUT2D eigenvalue weighted by molar-refractivity contribution is 0.0480. The molecule has 3 aromatic rings. The van der Waals surface area contributed by atoms with Crippen LogP contribution in [-0.2, 0) is 11.8 Å². The number of carbonyl (C=O) groups is 1. The molecule has 1 atom stereocenters. The van der Waals surface area contributed by atoms with E-state index >= 15 is 0 Å². The zero-order chi connectivity index (χ0) is 23.6. The third kappa shape index (κ3) is 5.39. The molecule has 0 aliphatic carbocycles. The topological polar surface area (TPSA) is 82.5 Å². The van der Waals surface area contributed by atoms with Crippen molar-refractivity contribution in [3.63, 3.8) is 0 Å². The summed E-state index contributed by atoms with van der Waals surface area (Å²) >= 11 is 0. The summed E-state index contributed by atoms with van der Waals surface area (Å²) in [4.78, 5) is 29.2. The van der Waals surface area contributed by atoms with Gasteiger partial charge in [0.05, 0.1) is 16.9 Å². The Morgan fingerprint density at radius 3 is 2.56 bits per heavy atom. The third-order valence-corrected chi connectivity index (χ3v) is 5.22. The summed E-state index contributed by atoms with van der Waals surface area (Å²) in [7, 11) is 1.75. The highest BCUT2D eigenvalue weighted by Gasteiger charge is 2.21. The summed E-state index contributed by atoms with van der Waals surface area (Å²) in [6, 6.07) is 5.59. The Labute approximate surface area is 188 Å². The van der Waals surface area contributed by atoms with Crippen molar-refractivity contribution in [3.8, 4) is 5.75 Å². The van der Waals surface area contributed by atoms with Gasteiger partial charge in [0.15, 0.2) is 0 Å². The number of fused-ring (bicyclic) bond motifs is 3. The van der Waals surface area contributed by atoms with Crippen LogP contribution < -0.4 is 15.6 Å². The van der Waals surface area contributed by atoms with Gasteiger partial charge in [-0.25, -0.2) is 4.79 Å². The molecule has 1 aromatic carbocycles. The first-order valence-electron chi connectivity index (χ1n) is 11.0. The number of nitrogens with one attached hydrogen (secondary N) is 1. The van der Waals surface area contributed by atoms with Gasteiger partial charge in [-0.1, -0.05) is 13.8 Å². The molecule has 0 aliphatic rings. The van der Waals surface area contributed by atoms with Crippen LogP contribution in [0.1, 0.15) is 46.6 Å². The molecule has 32 heavy (non-hydrogen) atoms. The van der Waals surface area contributed by atoms with Crippen molar-refractivity contribution in [2.24, 2.45) is 13.0 Å². The number of alkyl carbamates (subject to hydrolysis) is 1. The molecule has 0 bridgehead atoms. The Hall–Kier alpha value is -3.09. The first-order valence-corrected chi connectivity index (χ1v) is 11.0. The molecular weight excluding hydrogens is 406 g/mol. The molecule has 0 unspecified atom stereocenters. The van der Waals surface area contributed by atoms with Crippen molar-refractivity contribution in [2.75, 3.05) is 6.61 Å². The summed E-state index contributed by atoms with van der Waals surface area (Å²) in [5, 5.41) is 5.36. The average Bonchev–Trinajstić information content (AvgIpc) is 2.68. The number of hydrogen-bond donors (Lipinski definition) is 1. The minimum Gasteiger partial charge on any atom is -0.491 e. The lowest BCUT2D eigenvalue weighted by atomic mass is 10.0. The molecule has 1 N–H and O–H groups in total. The maximum Gasteiger partial charge on any atom is 0.407 e. The number of carbonyl (C=O) groups excluding carboxylic acids is 1. The molecular formula is C25H33N3O4. The number of rotatable bonds is 6. The van der Waals surface area contributed by atoms with Crippen LogP contribution in [0, 0.1) is 12.8 Å². The van der Waals surface area contributed by atoms with Gasteiger partial charge in [-0.3, -0.25) is 9.78 Å². The van der Waals surface area contributed by atoms with Gasteiger partial charge in [-0.05, 0) is 63.1 Å². The van der Waals surface area contributed by atoms with E-state index in [-0.39, 0.29) is 11.6 Å². The van der Waals surface area contributed by atoms with Crippen LogP contribution >= 0.6 is 0 Å². The second-order valence-electron chi connectivity index (χ2n) is 9.70. The molecule has 7 heteroatoms. The molecule has 3 rings (SSSR count). The SMILES string of the molecule is Cc1cc2c3ccncc3c(=O)n(C)c2cc1OC[C@H](CC(C)C)NC(=O)OC(C)(C)C. The van der Waals surface area contributed by atoms with Gasteiger partial charge in [0, 0.05) is 30.9 Å². The number of aromatic nitrogens is 2. The van der Waals surface area contributed by atoms with E-state index in [4.69, 9.17) is 9.47 Å². The molecule has 0 radical (unpaired) electrons. The monoisotopic (exact) mass is 439 g/mol. The lowest BCUT2D eigenvalue weighted by Crippen LogP contribution is -2.42. The third-order valence-electron chi connectivity index (χ3n) is 5.22. The maximum absolute atomic E-state index is 12.8. The number of pyridine rings is 2. The van der Waals surface area contributed by atoms with E-state index in [1.54, 1.807) is 24.0 Å². The van der Waals surface area contributed by atoms with Crippen LogP contribution in [0.5, 0.6) is 5.75 Å². The molecule has 0 aliphatic heterocycles. The molecule has 1 amide bonds. The van der Waals surface area contributed by atoms with E-state index in [2.05, 4.69) is 24.1 Å². The van der Waals surface area contributed by atoms with Crippen LogP contribution in [0.25, 0.3) is 21.7 Å². The Morgan fingerprint density at radius 1 is 1.19 bits per heavy atom. The van der Waals surface area contributed by atoms with E-state index in [1.807, 2.05) is 45.9 Å². The predicted octanol–water partition coefficient (Wildman–Crippen LogP) is 4.71. The van der Waals surface area contributed by atoms with E-state index in [0.29, 0.717) is 23.7 Å². The second kappa shape index (κ2) is 9.18. The fourth-order valence-corrected chi connectivity index (χ4v) is 3.82. The Morgan fingerprint density at radius 2 is 1.91 bits per heavy atom. The summed E-state index contributed by atoms with van der Waals surface area (Å²) < 4.78 is 13.2. The standard InChI is InChI=1S/C25H33N3O4/c1-15(2)10-17(27-24(30)32-25(4,5)6)14-31-22-12-21-19(11-16(22)3)18-8-9-26-13-20(18)23(29)28(21)7/h8-9,11-13,15,17H,10,14H2,1-7H3,(H,27,30)/t17-/m0/s1. The predicted molar refractivity (Wildman–Crippen MR) is 127 cm³/mol. The van der Waals surface area contributed by atoms with Crippen molar-refractivity contribution in [1.82, 2.24) is 14.9 Å². The first-order chi connectivity index (χ1) is 15.0. The van der Waals surface area contributed by atoms with E-state index in [0.717, 1.165) is 28.3 Å². The quantitative estimate of drug-likeness (QED) is 0.562. The minimum atomic E-state index is -0.564. The van der Waals surface area contributed by atoms with Crippen molar-refractivity contribution in [1.29, 1.82) is 0 Å². The summed E-state index contributed by atoms with van der Waals surface area (Å²) in [6.45, 7) is 12.0. The number of amides is 1. The molecule has 0 saturated heterocycles. The fraction of sp³-hybridized carbons (Fsp3) is 0.480. The summed E-state index contributed by atoms with van der Waals surface area (Å²) in [6.07, 6.45) is 3.60. The van der Waals surface area contributed by atoms with Crippen LogP contribution in [0.4, 0.5) is 4.79 Å². The van der Waals surface area contributed by atoms with E-state index in [9.17, 15) is 9.59 Å². The molecule has 0 fully saturated rings. The van der Waals surface area contributed by atoms with E-state index in [1.165, 1.54) is 0 Å². The summed E-state index contributed by atoms with van der Waals surface area (Å²) in [5.74, 6) is 1.05. The molecule has 0 spiro atoms. The highest BCUT2D eigenvalue weighted by Crippen LogP contribution is 2.29. The molecule has 2 heterocycles. The largest absolute Gasteiger partial charge is 0.491 e. The summed E-state index contributed by atoms with van der Waals surface area (Å²) in [5.41, 5.74) is 1.08. The Bertz CT molecular complexity index is 1190. The van der Waals surface area contributed by atoms with Crippen LogP contribution in [0.15, 0.2) is 35.4 Å². The number of aryl methyl sites for hydroxylation is 2. The molecule has 2 aromatic heterocycles. The Balaban J connectivity index is 1.89. The maximum atomic E-state index is 12.8. The van der Waals surface area contributed by atoms with Crippen molar-refractivity contribution >= 4 is 27.8 Å². The van der Waals surface area contributed by atoms with Gasteiger partial charge < -0.3 is 19.4 Å². The van der Waals surface area contributed by atoms with Gasteiger partial charge >= 0.3 is 6.09 Å². The first kappa shape index (κ1) is 23.6. The van der Waals surface area contributed by atoms with Crippen molar-refractivity contribution in [3.05, 3.63) is 46.5 Å². The van der Waals surface area contributed by atoms with Gasteiger partial charge in [0.25, 0.3) is 5.56 Å². The molecule has 172 valence electrons. The minimum absolute atomic E-state index is 0.0975. The lowest BCUT2D eigenvalue weighted by Gasteiger charge is -2.25. The second-order valence-corrected chi connectivity index (χ2v) is 9.70. The Kier molecular flexibility index (Phi) is 6.77. The van der Waals surface area contributed by atoms with Gasteiger partial charge in [0.2, 0.25) is 0 Å². The fourth-order valence-electron chi connectivity index (χ4n) is 3.82. The van der Waals surface area contributed by atoms with Crippen LogP contribution in [0.2, 0.25) is 0 Å². The van der Waals surface area contributed by atoms with Crippen molar-refractivity contribution in [2.45, 2.75) is 59.6 Å². The normalized spacial score (nSPS) is 12.9. The number of benzene rings is 1. The van der Waals surface area contributed by atoms with Crippen molar-refractivity contribution < 1.29 is 14.3 Å². The molecule has 0 saturated carbocycles. The smallest absolute Gasteiger partial charge is 0.407 e. The zero-order valence-corrected chi connectivity index (χ0v) is 20.0. The van der Waals surface area contributed by atoms with Crippen LogP contribution in [0.3, 0.4) is 0 Å². The highest BCUT2D eigenvalue weighted by molar-refractivity contribution is 6.05. The van der Waals surface area contributed by atoms with Crippen LogP contribution in [-0.4, -0.2) is 33.9 Å². The number of hydrogen-bond acceptors (Lipinski definition) is 5.